The van der Waals surface area contributed by atoms with Crippen molar-refractivity contribution >= 4 is 21.6 Å². The van der Waals surface area contributed by atoms with Crippen LogP contribution in [-0.2, 0) is 10.0 Å². The van der Waals surface area contributed by atoms with Crippen molar-refractivity contribution in [3.05, 3.63) is 24.0 Å². The van der Waals surface area contributed by atoms with Gasteiger partial charge in [-0.2, -0.15) is 5.26 Å². The van der Waals surface area contributed by atoms with Gasteiger partial charge in [0.15, 0.2) is 0 Å². The fraction of sp³-hybridized carbons (Fsp3) is 0.500. The van der Waals surface area contributed by atoms with E-state index in [0.717, 1.165) is 25.7 Å². The molecule has 1 N–H and O–H groups in total. The minimum atomic E-state index is -3.62. The zero-order valence-electron chi connectivity index (χ0n) is 10.2. The molecule has 102 valence electrons. The normalized spacial score (nSPS) is 23.8. The van der Waals surface area contributed by atoms with Crippen molar-refractivity contribution in [3.63, 3.8) is 0 Å². The summed E-state index contributed by atoms with van der Waals surface area (Å²) >= 11 is 6.14. The summed E-state index contributed by atoms with van der Waals surface area (Å²) < 4.78 is 26.9. The molecule has 1 saturated carbocycles. The van der Waals surface area contributed by atoms with Gasteiger partial charge in [0.05, 0.1) is 0 Å². The fourth-order valence-corrected chi connectivity index (χ4v) is 3.76. The van der Waals surface area contributed by atoms with E-state index < -0.39 is 10.0 Å². The summed E-state index contributed by atoms with van der Waals surface area (Å²) in [4.78, 5) is 3.82. The first-order valence-corrected chi connectivity index (χ1v) is 7.97. The van der Waals surface area contributed by atoms with E-state index in [1.807, 2.05) is 6.07 Å². The maximum absolute atomic E-state index is 12.2. The van der Waals surface area contributed by atoms with Crippen molar-refractivity contribution < 1.29 is 8.42 Å². The molecule has 1 aliphatic carbocycles. The zero-order valence-corrected chi connectivity index (χ0v) is 11.8. The van der Waals surface area contributed by atoms with Crippen LogP contribution in [0, 0.1) is 11.3 Å². The monoisotopic (exact) mass is 299 g/mol. The molecular weight excluding hydrogens is 286 g/mol. The number of pyridine rings is 1. The summed E-state index contributed by atoms with van der Waals surface area (Å²) in [5.41, 5.74) is 0.187. The van der Waals surface area contributed by atoms with E-state index in [0.29, 0.717) is 0 Å². The van der Waals surface area contributed by atoms with Crippen LogP contribution < -0.4 is 4.72 Å². The Balaban J connectivity index is 2.15. The van der Waals surface area contributed by atoms with Crippen LogP contribution in [0.25, 0.3) is 0 Å². The number of hydrogen-bond donors (Lipinski definition) is 1. The minimum Gasteiger partial charge on any atom is -0.244 e. The fourth-order valence-electron chi connectivity index (χ4n) is 2.09. The van der Waals surface area contributed by atoms with Crippen LogP contribution >= 0.6 is 11.6 Å². The lowest BCUT2D eigenvalue weighted by Crippen LogP contribution is -2.42. The van der Waals surface area contributed by atoms with E-state index in [1.165, 1.54) is 18.3 Å². The molecule has 0 radical (unpaired) electrons. The van der Waals surface area contributed by atoms with Crippen LogP contribution in [0.2, 0.25) is 0 Å². The maximum atomic E-state index is 12.2. The van der Waals surface area contributed by atoms with Crippen molar-refractivity contribution in [2.45, 2.75) is 42.0 Å². The number of alkyl halides is 1. The average molecular weight is 300 g/mol. The molecule has 0 spiro atoms. The second-order valence-electron chi connectivity index (χ2n) is 4.52. The molecular formula is C12H14ClN3O2S. The Bertz CT molecular complexity index is 580. The number of halogens is 1. The molecule has 0 saturated heterocycles. The maximum Gasteiger partial charge on any atom is 0.242 e. The SMILES string of the molecule is N#Cc1ccc(S(=O)(=O)NC2CCCCC2Cl)cn1. The molecule has 1 aliphatic rings. The molecule has 2 rings (SSSR count). The van der Waals surface area contributed by atoms with Gasteiger partial charge in [-0.1, -0.05) is 12.8 Å². The van der Waals surface area contributed by atoms with E-state index in [4.69, 9.17) is 16.9 Å². The Morgan fingerprint density at radius 2 is 2.11 bits per heavy atom. The van der Waals surface area contributed by atoms with Gasteiger partial charge in [-0.3, -0.25) is 0 Å². The molecule has 1 aromatic heterocycles. The summed E-state index contributed by atoms with van der Waals surface area (Å²) in [5.74, 6) is 0. The summed E-state index contributed by atoms with van der Waals surface area (Å²) in [6, 6.07) is 4.36. The molecule has 0 aliphatic heterocycles. The van der Waals surface area contributed by atoms with E-state index in [9.17, 15) is 8.42 Å². The number of hydrogen-bond acceptors (Lipinski definition) is 4. The number of aromatic nitrogens is 1. The van der Waals surface area contributed by atoms with Crippen molar-refractivity contribution in [2.75, 3.05) is 0 Å². The van der Waals surface area contributed by atoms with Gasteiger partial charge in [0, 0.05) is 17.6 Å². The molecule has 0 bridgehead atoms. The van der Waals surface area contributed by atoms with Gasteiger partial charge in [-0.25, -0.2) is 18.1 Å². The van der Waals surface area contributed by atoms with Crippen molar-refractivity contribution in [1.82, 2.24) is 9.71 Å². The van der Waals surface area contributed by atoms with Crippen LogP contribution in [0.1, 0.15) is 31.4 Å². The molecule has 0 amide bonds. The standard InChI is InChI=1S/C12H14ClN3O2S/c13-11-3-1-2-4-12(11)16-19(17,18)10-6-5-9(7-14)15-8-10/h5-6,8,11-12,16H,1-4H2. The molecule has 1 aromatic rings. The number of rotatable bonds is 3. The van der Waals surface area contributed by atoms with Gasteiger partial charge in [-0.05, 0) is 25.0 Å². The molecule has 5 nitrogen and oxygen atoms in total. The molecule has 0 aromatic carbocycles. The Hall–Kier alpha value is -1.16. The lowest BCUT2D eigenvalue weighted by molar-refractivity contribution is 0.418. The van der Waals surface area contributed by atoms with Gasteiger partial charge in [-0.15, -0.1) is 11.6 Å². The third kappa shape index (κ3) is 3.44. The molecule has 19 heavy (non-hydrogen) atoms. The summed E-state index contributed by atoms with van der Waals surface area (Å²) in [6.45, 7) is 0. The number of nitriles is 1. The van der Waals surface area contributed by atoms with Gasteiger partial charge in [0.1, 0.15) is 16.7 Å². The second-order valence-corrected chi connectivity index (χ2v) is 6.79. The van der Waals surface area contributed by atoms with E-state index in [1.54, 1.807) is 0 Å². The molecule has 1 fully saturated rings. The highest BCUT2D eigenvalue weighted by Crippen LogP contribution is 2.24. The van der Waals surface area contributed by atoms with Crippen LogP contribution in [-0.4, -0.2) is 24.8 Å². The lowest BCUT2D eigenvalue weighted by Gasteiger charge is -2.27. The first-order valence-electron chi connectivity index (χ1n) is 6.05. The molecule has 1 heterocycles. The van der Waals surface area contributed by atoms with Crippen molar-refractivity contribution in [3.8, 4) is 6.07 Å². The largest absolute Gasteiger partial charge is 0.244 e. The highest BCUT2D eigenvalue weighted by Gasteiger charge is 2.28. The van der Waals surface area contributed by atoms with Crippen molar-refractivity contribution in [2.24, 2.45) is 0 Å². The van der Waals surface area contributed by atoms with Gasteiger partial charge in [0.2, 0.25) is 10.0 Å². The van der Waals surface area contributed by atoms with E-state index >= 15 is 0 Å². The van der Waals surface area contributed by atoms with Gasteiger partial charge >= 0.3 is 0 Å². The summed E-state index contributed by atoms with van der Waals surface area (Å²) in [7, 11) is -3.62. The van der Waals surface area contributed by atoms with Crippen molar-refractivity contribution in [1.29, 1.82) is 5.26 Å². The predicted molar refractivity (Wildman–Crippen MR) is 71.2 cm³/mol. The minimum absolute atomic E-state index is 0.0564. The number of nitrogens with zero attached hydrogens (tertiary/aromatic N) is 2. The highest BCUT2D eigenvalue weighted by molar-refractivity contribution is 7.89. The molecule has 2 atom stereocenters. The first kappa shape index (κ1) is 14.3. The van der Waals surface area contributed by atoms with E-state index in [-0.39, 0.29) is 22.0 Å². The Morgan fingerprint density at radius 3 is 2.68 bits per heavy atom. The molecule has 2 unspecified atom stereocenters. The predicted octanol–water partition coefficient (Wildman–Crippen LogP) is 1.78. The zero-order chi connectivity index (χ0) is 13.9. The highest BCUT2D eigenvalue weighted by atomic mass is 35.5. The summed E-state index contributed by atoms with van der Waals surface area (Å²) in [5, 5.41) is 8.46. The lowest BCUT2D eigenvalue weighted by atomic mass is 9.96. The first-order chi connectivity index (χ1) is 9.03. The topological polar surface area (TPSA) is 82.8 Å². The third-order valence-corrected chi connectivity index (χ3v) is 5.15. The second kappa shape index (κ2) is 5.87. The number of sulfonamides is 1. The van der Waals surface area contributed by atoms with Crippen LogP contribution in [0.4, 0.5) is 0 Å². The van der Waals surface area contributed by atoms with Crippen LogP contribution in [0.15, 0.2) is 23.2 Å². The third-order valence-electron chi connectivity index (χ3n) is 3.15. The van der Waals surface area contributed by atoms with Crippen LogP contribution in [0.5, 0.6) is 0 Å². The smallest absolute Gasteiger partial charge is 0.242 e. The average Bonchev–Trinajstić information content (AvgIpc) is 2.41. The quantitative estimate of drug-likeness (QED) is 0.862. The Labute approximate surface area is 117 Å². The molecule has 7 heteroatoms. The van der Waals surface area contributed by atoms with Gasteiger partial charge < -0.3 is 0 Å². The summed E-state index contributed by atoms with van der Waals surface area (Å²) in [6.07, 6.45) is 4.76. The van der Waals surface area contributed by atoms with E-state index in [2.05, 4.69) is 9.71 Å². The van der Waals surface area contributed by atoms with Gasteiger partial charge in [0.25, 0.3) is 0 Å². The van der Waals surface area contributed by atoms with Crippen LogP contribution in [0.3, 0.4) is 0 Å². The Kier molecular flexibility index (Phi) is 4.40. The Morgan fingerprint density at radius 1 is 1.37 bits per heavy atom. The number of nitrogens with one attached hydrogen (secondary N) is 1.